The molecule has 258 valence electrons. The van der Waals surface area contributed by atoms with Gasteiger partial charge in [0.1, 0.15) is 23.9 Å². The van der Waals surface area contributed by atoms with Crippen LogP contribution in [0, 0.1) is 0 Å². The van der Waals surface area contributed by atoms with E-state index in [1.54, 1.807) is 18.4 Å². The van der Waals surface area contributed by atoms with Crippen molar-refractivity contribution in [1.29, 1.82) is 0 Å². The van der Waals surface area contributed by atoms with Gasteiger partial charge in [-0.3, -0.25) is 24.0 Å². The quantitative estimate of drug-likeness (QED) is 0.0590. The summed E-state index contributed by atoms with van der Waals surface area (Å²) in [6, 6.07) is -0.569. The summed E-state index contributed by atoms with van der Waals surface area (Å²) < 4.78 is 0. The molecule has 0 saturated carbocycles. The molecule has 0 aliphatic carbocycles. The predicted octanol–water partition coefficient (Wildman–Crippen LogP) is -2.19. The SMILES string of the molecule is CSCC[C@H](NC(=O)[C@H](CCC(N)=O)NC(=O)[C@H](Cc1ccc(O)cc1)NC(=O)[C@@H](N)CCCCN)C(=O)N[C@H](C(=O)O)[C@@H](C)O. The number of nitrogens with one attached hydrogen (secondary N) is 4. The number of benzene rings is 1. The van der Waals surface area contributed by atoms with Gasteiger partial charge in [0.15, 0.2) is 6.04 Å². The lowest BCUT2D eigenvalue weighted by Gasteiger charge is -2.27. The number of aliphatic carboxylic acids is 1. The van der Waals surface area contributed by atoms with E-state index in [4.69, 9.17) is 17.2 Å². The second kappa shape index (κ2) is 21.0. The Hall–Kier alpha value is -3.93. The number of carbonyl (C=O) groups excluding carboxylic acids is 5. The lowest BCUT2D eigenvalue weighted by atomic mass is 10.0. The molecular formula is C29H47N7O9S. The lowest BCUT2D eigenvalue weighted by Crippen LogP contribution is -2.59. The fourth-order valence-electron chi connectivity index (χ4n) is 4.24. The molecule has 0 radical (unpaired) electrons. The summed E-state index contributed by atoms with van der Waals surface area (Å²) >= 11 is 1.36. The van der Waals surface area contributed by atoms with Gasteiger partial charge in [0.2, 0.25) is 29.5 Å². The first-order chi connectivity index (χ1) is 21.7. The van der Waals surface area contributed by atoms with Gasteiger partial charge in [-0.05, 0) is 68.9 Å². The van der Waals surface area contributed by atoms with Gasteiger partial charge in [-0.1, -0.05) is 18.6 Å². The molecule has 0 aromatic heterocycles. The van der Waals surface area contributed by atoms with Crippen LogP contribution in [0.1, 0.15) is 51.0 Å². The van der Waals surface area contributed by atoms with E-state index in [1.165, 1.54) is 30.8 Å². The Bertz CT molecular complexity index is 1170. The first-order valence-corrected chi connectivity index (χ1v) is 16.2. The smallest absolute Gasteiger partial charge is 0.328 e. The molecule has 0 fully saturated rings. The van der Waals surface area contributed by atoms with Crippen LogP contribution < -0.4 is 38.5 Å². The van der Waals surface area contributed by atoms with Crippen molar-refractivity contribution in [2.75, 3.05) is 18.6 Å². The molecule has 0 aliphatic rings. The number of nitrogens with two attached hydrogens (primary N) is 3. The summed E-state index contributed by atoms with van der Waals surface area (Å²) in [5.74, 6) is -5.03. The standard InChI is InChI=1S/C29H47N7O9S/c1-16(37)24(29(44)45)36-27(42)21(12-14-46-2)34-26(41)20(10-11-23(32)39)33-28(43)22(15-17-6-8-18(38)9-7-17)35-25(40)19(31)5-3-4-13-30/h6-9,16,19-22,24,37-38H,3-5,10-15,30-31H2,1-2H3,(H2,32,39)(H,33,43)(H,34,41)(H,35,40)(H,36,42)(H,44,45)/t16-,19+,20+,21+,22+,24+/m1/s1. The average molecular weight is 670 g/mol. The molecule has 1 aromatic carbocycles. The van der Waals surface area contributed by atoms with Gasteiger partial charge in [0, 0.05) is 12.8 Å². The fraction of sp³-hybridized carbons (Fsp3) is 0.586. The van der Waals surface area contributed by atoms with Crippen LogP contribution in [0.4, 0.5) is 0 Å². The predicted molar refractivity (Wildman–Crippen MR) is 171 cm³/mol. The van der Waals surface area contributed by atoms with Gasteiger partial charge < -0.3 is 53.8 Å². The normalized spacial score (nSPS) is 14.9. The van der Waals surface area contributed by atoms with Crippen molar-refractivity contribution in [1.82, 2.24) is 21.3 Å². The van der Waals surface area contributed by atoms with Crippen molar-refractivity contribution in [3.8, 4) is 5.75 Å². The molecule has 0 bridgehead atoms. The number of carbonyl (C=O) groups is 6. The number of carboxylic acid groups (broad SMARTS) is 1. The first kappa shape index (κ1) is 40.1. The highest BCUT2D eigenvalue weighted by atomic mass is 32.2. The van der Waals surface area contributed by atoms with E-state index in [0.29, 0.717) is 37.1 Å². The van der Waals surface area contributed by atoms with Gasteiger partial charge >= 0.3 is 5.97 Å². The minimum absolute atomic E-state index is 0.0120. The van der Waals surface area contributed by atoms with Crippen LogP contribution in [0.2, 0.25) is 0 Å². The largest absolute Gasteiger partial charge is 0.508 e. The summed E-state index contributed by atoms with van der Waals surface area (Å²) in [4.78, 5) is 76.0. The van der Waals surface area contributed by atoms with E-state index in [-0.39, 0.29) is 31.4 Å². The van der Waals surface area contributed by atoms with Crippen LogP contribution in [0.5, 0.6) is 5.75 Å². The van der Waals surface area contributed by atoms with Gasteiger partial charge in [-0.25, -0.2) is 4.79 Å². The summed E-state index contributed by atoms with van der Waals surface area (Å²) in [6.45, 7) is 1.61. The maximum Gasteiger partial charge on any atom is 0.328 e. The number of aliphatic hydroxyl groups excluding tert-OH is 1. The number of phenols is 1. The minimum atomic E-state index is -1.64. The number of phenolic OH excluding ortho intramolecular Hbond substituents is 1. The Morgan fingerprint density at radius 3 is 1.89 bits per heavy atom. The number of aliphatic hydroxyl groups is 1. The fourth-order valence-corrected chi connectivity index (χ4v) is 4.71. The topological polar surface area (TPSA) is 289 Å². The van der Waals surface area contributed by atoms with E-state index in [2.05, 4.69) is 21.3 Å². The highest BCUT2D eigenvalue weighted by molar-refractivity contribution is 7.98. The number of unbranched alkanes of at least 4 members (excludes halogenated alkanes) is 1. The minimum Gasteiger partial charge on any atom is -0.508 e. The number of aromatic hydroxyl groups is 1. The number of carboxylic acids is 1. The molecule has 16 nitrogen and oxygen atoms in total. The van der Waals surface area contributed by atoms with E-state index in [1.807, 2.05) is 0 Å². The number of rotatable bonds is 22. The van der Waals surface area contributed by atoms with Gasteiger partial charge in [0.05, 0.1) is 12.1 Å². The number of hydrogen-bond donors (Lipinski definition) is 10. The average Bonchev–Trinajstić information content (AvgIpc) is 2.99. The van der Waals surface area contributed by atoms with Crippen LogP contribution in [0.25, 0.3) is 0 Å². The zero-order chi connectivity index (χ0) is 34.8. The molecule has 0 spiro atoms. The van der Waals surface area contributed by atoms with Gasteiger partial charge in [0.25, 0.3) is 0 Å². The first-order valence-electron chi connectivity index (χ1n) is 14.8. The summed E-state index contributed by atoms with van der Waals surface area (Å²) in [5.41, 5.74) is 17.4. The summed E-state index contributed by atoms with van der Waals surface area (Å²) in [7, 11) is 0. The van der Waals surface area contributed by atoms with Crippen molar-refractivity contribution in [3.05, 3.63) is 29.8 Å². The van der Waals surface area contributed by atoms with Crippen molar-refractivity contribution >= 4 is 47.3 Å². The second-order valence-corrected chi connectivity index (χ2v) is 11.8. The number of amides is 5. The van der Waals surface area contributed by atoms with Crippen LogP contribution in [-0.4, -0.2) is 106 Å². The van der Waals surface area contributed by atoms with E-state index in [9.17, 15) is 44.1 Å². The Kier molecular flexibility index (Phi) is 18.3. The zero-order valence-electron chi connectivity index (χ0n) is 26.1. The summed E-state index contributed by atoms with van der Waals surface area (Å²) in [6.07, 6.45) is 1.33. The maximum absolute atomic E-state index is 13.6. The third-order valence-electron chi connectivity index (χ3n) is 6.92. The number of thioether (sulfide) groups is 1. The van der Waals surface area contributed by atoms with E-state index >= 15 is 0 Å². The Balaban J connectivity index is 3.25. The molecule has 6 atom stereocenters. The molecule has 1 rings (SSSR count). The van der Waals surface area contributed by atoms with Crippen molar-refractivity contribution in [2.24, 2.45) is 17.2 Å². The third kappa shape index (κ3) is 14.9. The van der Waals surface area contributed by atoms with Crippen LogP contribution in [0.3, 0.4) is 0 Å². The third-order valence-corrected chi connectivity index (χ3v) is 7.56. The maximum atomic E-state index is 13.6. The highest BCUT2D eigenvalue weighted by Gasteiger charge is 2.33. The Morgan fingerprint density at radius 2 is 1.37 bits per heavy atom. The van der Waals surface area contributed by atoms with Gasteiger partial charge in [-0.15, -0.1) is 0 Å². The number of hydrogen-bond acceptors (Lipinski definition) is 11. The molecule has 0 aliphatic heterocycles. The van der Waals surface area contributed by atoms with Crippen molar-refractivity contribution in [3.63, 3.8) is 0 Å². The molecule has 46 heavy (non-hydrogen) atoms. The van der Waals surface area contributed by atoms with E-state index in [0.717, 1.165) is 0 Å². The molecule has 0 saturated heterocycles. The van der Waals surface area contributed by atoms with Crippen LogP contribution in [0.15, 0.2) is 24.3 Å². The highest BCUT2D eigenvalue weighted by Crippen LogP contribution is 2.13. The van der Waals surface area contributed by atoms with Crippen molar-refractivity contribution in [2.45, 2.75) is 88.2 Å². The summed E-state index contributed by atoms with van der Waals surface area (Å²) in [5, 5.41) is 38.6. The molecule has 0 unspecified atom stereocenters. The van der Waals surface area contributed by atoms with Crippen LogP contribution in [-0.2, 0) is 35.2 Å². The molecule has 13 N–H and O–H groups in total. The molecule has 0 heterocycles. The molecule has 17 heteroatoms. The Labute approximate surface area is 272 Å². The Morgan fingerprint density at radius 1 is 0.826 bits per heavy atom. The lowest BCUT2D eigenvalue weighted by molar-refractivity contribution is -0.145. The number of primary amides is 1. The van der Waals surface area contributed by atoms with Crippen molar-refractivity contribution < 1.29 is 44.1 Å². The monoisotopic (exact) mass is 669 g/mol. The second-order valence-electron chi connectivity index (χ2n) is 10.8. The van der Waals surface area contributed by atoms with Gasteiger partial charge in [-0.2, -0.15) is 11.8 Å². The van der Waals surface area contributed by atoms with Crippen LogP contribution >= 0.6 is 11.8 Å². The zero-order valence-corrected chi connectivity index (χ0v) is 26.9. The molecule has 5 amide bonds. The molecule has 1 aromatic rings. The molecular weight excluding hydrogens is 622 g/mol. The van der Waals surface area contributed by atoms with E-state index < -0.39 is 71.8 Å².